The van der Waals surface area contributed by atoms with Gasteiger partial charge in [0.2, 0.25) is 0 Å². The molecule has 0 saturated carbocycles. The topological polar surface area (TPSA) is 82.1 Å². The van der Waals surface area contributed by atoms with E-state index in [0.717, 1.165) is 11.1 Å². The molecule has 0 aliphatic rings. The summed E-state index contributed by atoms with van der Waals surface area (Å²) < 4.78 is 16.2. The summed E-state index contributed by atoms with van der Waals surface area (Å²) in [7, 11) is 0. The fourth-order valence-electron chi connectivity index (χ4n) is 2.08. The van der Waals surface area contributed by atoms with Crippen LogP contribution in [0.4, 0.5) is 0 Å². The highest BCUT2D eigenvalue weighted by molar-refractivity contribution is 9.09. The minimum absolute atomic E-state index is 0.175. The van der Waals surface area contributed by atoms with Crippen molar-refractivity contribution in [2.24, 2.45) is 5.41 Å². The molecule has 1 aromatic rings. The Morgan fingerprint density at radius 3 is 2.26 bits per heavy atom. The maximum Gasteiger partial charge on any atom is 0.338 e. The summed E-state index contributed by atoms with van der Waals surface area (Å²) in [4.78, 5) is 24.7. The van der Waals surface area contributed by atoms with E-state index in [1.165, 1.54) is 6.92 Å². The number of carbonyl (C=O) groups is 2. The van der Waals surface area contributed by atoms with E-state index in [0.29, 0.717) is 11.8 Å². The van der Waals surface area contributed by atoms with Crippen LogP contribution < -0.4 is 0 Å². The Bertz CT molecular complexity index is 617. The van der Waals surface area contributed by atoms with Crippen LogP contribution in [0.5, 0.6) is 0 Å². The van der Waals surface area contributed by atoms with Gasteiger partial charge in [-0.05, 0) is 32.8 Å². The molecule has 0 heterocycles. The summed E-state index contributed by atoms with van der Waals surface area (Å²) in [5, 5.41) is 10.1. The van der Waals surface area contributed by atoms with Gasteiger partial charge in [0, 0.05) is 5.33 Å². The number of hydrogen-bond donors (Lipinski definition) is 1. The smallest absolute Gasteiger partial charge is 0.338 e. The van der Waals surface area contributed by atoms with Gasteiger partial charge in [-0.2, -0.15) is 0 Å². The van der Waals surface area contributed by atoms with Crippen LogP contribution in [-0.4, -0.2) is 47.8 Å². The van der Waals surface area contributed by atoms with Crippen molar-refractivity contribution in [3.05, 3.63) is 35.4 Å². The summed E-state index contributed by atoms with van der Waals surface area (Å²) in [5.74, 6) is -1.19. The molecule has 27 heavy (non-hydrogen) atoms. The first-order valence-electron chi connectivity index (χ1n) is 8.91. The lowest BCUT2D eigenvalue weighted by molar-refractivity contribution is -0.181. The van der Waals surface area contributed by atoms with E-state index in [2.05, 4.69) is 15.9 Å². The minimum atomic E-state index is -1.32. The van der Waals surface area contributed by atoms with Crippen molar-refractivity contribution in [3.8, 4) is 0 Å². The predicted molar refractivity (Wildman–Crippen MR) is 106 cm³/mol. The van der Waals surface area contributed by atoms with Crippen LogP contribution in [0.2, 0.25) is 0 Å². The van der Waals surface area contributed by atoms with E-state index in [1.54, 1.807) is 6.92 Å². The molecular weight excluding hydrogens is 416 g/mol. The molecule has 0 fully saturated rings. The molecule has 0 aromatic heterocycles. The van der Waals surface area contributed by atoms with Crippen LogP contribution in [0.3, 0.4) is 0 Å². The molecule has 0 bridgehead atoms. The number of rotatable bonds is 11. The van der Waals surface area contributed by atoms with Gasteiger partial charge in [0.1, 0.15) is 18.6 Å². The van der Waals surface area contributed by atoms with Gasteiger partial charge in [-0.1, -0.05) is 52.7 Å². The highest BCUT2D eigenvalue weighted by Gasteiger charge is 2.40. The van der Waals surface area contributed by atoms with E-state index in [-0.39, 0.29) is 19.8 Å². The SMILES string of the molecule is CCC(C)(OCc1ccc(C)cc1)C(=O)OCC(C)(CO)C(=O)OCCBr. The Morgan fingerprint density at radius 1 is 1.11 bits per heavy atom. The maximum absolute atomic E-state index is 12.6. The summed E-state index contributed by atoms with van der Waals surface area (Å²) in [6.07, 6.45) is 0.404. The monoisotopic (exact) mass is 444 g/mol. The van der Waals surface area contributed by atoms with E-state index in [1.807, 2.05) is 38.1 Å². The highest BCUT2D eigenvalue weighted by Crippen LogP contribution is 2.24. The molecule has 0 amide bonds. The van der Waals surface area contributed by atoms with Crippen molar-refractivity contribution >= 4 is 27.9 Å². The Hall–Kier alpha value is -1.44. The molecule has 1 N–H and O–H groups in total. The second-order valence-electron chi connectivity index (χ2n) is 6.98. The van der Waals surface area contributed by atoms with Crippen molar-refractivity contribution in [2.75, 3.05) is 25.2 Å². The molecule has 1 aromatic carbocycles. The fraction of sp³-hybridized carbons (Fsp3) is 0.600. The van der Waals surface area contributed by atoms with Crippen LogP contribution in [0.25, 0.3) is 0 Å². The first-order chi connectivity index (χ1) is 12.7. The molecule has 0 aliphatic heterocycles. The maximum atomic E-state index is 12.6. The van der Waals surface area contributed by atoms with Crippen LogP contribution >= 0.6 is 15.9 Å². The van der Waals surface area contributed by atoms with Crippen molar-refractivity contribution in [2.45, 2.75) is 46.3 Å². The zero-order valence-electron chi connectivity index (χ0n) is 16.4. The number of esters is 2. The quantitative estimate of drug-likeness (QED) is 0.416. The van der Waals surface area contributed by atoms with Crippen LogP contribution in [0, 0.1) is 12.3 Å². The number of aliphatic hydroxyl groups excluding tert-OH is 1. The number of aliphatic hydroxyl groups is 1. The molecule has 7 heteroatoms. The molecule has 0 radical (unpaired) electrons. The van der Waals surface area contributed by atoms with Crippen LogP contribution in [0.15, 0.2) is 24.3 Å². The van der Waals surface area contributed by atoms with Gasteiger partial charge in [-0.25, -0.2) is 4.79 Å². The number of halogens is 1. The van der Waals surface area contributed by atoms with E-state index in [9.17, 15) is 14.7 Å². The molecule has 2 unspecified atom stereocenters. The summed E-state index contributed by atoms with van der Waals surface area (Å²) >= 11 is 3.16. The Labute approximate surface area is 169 Å². The second kappa shape index (κ2) is 10.8. The number of carbonyl (C=O) groups excluding carboxylic acids is 2. The normalized spacial score (nSPS) is 15.5. The first-order valence-corrected chi connectivity index (χ1v) is 10.0. The van der Waals surface area contributed by atoms with Crippen molar-refractivity contribution < 1.29 is 28.9 Å². The lowest BCUT2D eigenvalue weighted by Crippen LogP contribution is -2.44. The molecule has 0 aliphatic carbocycles. The van der Waals surface area contributed by atoms with Crippen LogP contribution in [-0.2, 0) is 30.4 Å². The molecule has 0 saturated heterocycles. The van der Waals surface area contributed by atoms with Gasteiger partial charge in [0.15, 0.2) is 5.60 Å². The van der Waals surface area contributed by atoms with Crippen LogP contribution in [0.1, 0.15) is 38.3 Å². The van der Waals surface area contributed by atoms with Crippen molar-refractivity contribution in [3.63, 3.8) is 0 Å². The van der Waals surface area contributed by atoms with E-state index in [4.69, 9.17) is 14.2 Å². The number of alkyl halides is 1. The second-order valence-corrected chi connectivity index (χ2v) is 7.77. The third kappa shape index (κ3) is 6.90. The zero-order valence-corrected chi connectivity index (χ0v) is 18.0. The number of ether oxygens (including phenoxy) is 3. The standard InChI is InChI=1S/C20H29BrO6/c1-5-20(4,27-12-16-8-6-15(2)7-9-16)18(24)26-14-19(3,13-22)17(23)25-11-10-21/h6-9,22H,5,10-14H2,1-4H3. The Morgan fingerprint density at radius 2 is 1.74 bits per heavy atom. The predicted octanol–water partition coefficient (Wildman–Crippen LogP) is 3.16. The average molecular weight is 445 g/mol. The highest BCUT2D eigenvalue weighted by atomic mass is 79.9. The van der Waals surface area contributed by atoms with Gasteiger partial charge in [0.05, 0.1) is 13.2 Å². The Balaban J connectivity index is 2.69. The third-order valence-corrected chi connectivity index (χ3v) is 4.78. The van der Waals surface area contributed by atoms with E-state index < -0.39 is 29.6 Å². The molecule has 1 rings (SSSR count). The van der Waals surface area contributed by atoms with Gasteiger partial charge in [0.25, 0.3) is 0 Å². The number of benzene rings is 1. The number of aryl methyl sites for hydroxylation is 1. The first kappa shape index (κ1) is 23.6. The largest absolute Gasteiger partial charge is 0.464 e. The number of hydrogen-bond acceptors (Lipinski definition) is 6. The molecule has 6 nitrogen and oxygen atoms in total. The Kier molecular flexibility index (Phi) is 9.42. The van der Waals surface area contributed by atoms with Gasteiger partial charge < -0.3 is 19.3 Å². The van der Waals surface area contributed by atoms with Gasteiger partial charge in [-0.15, -0.1) is 0 Å². The molecule has 0 spiro atoms. The fourth-order valence-corrected chi connectivity index (χ4v) is 2.25. The minimum Gasteiger partial charge on any atom is -0.464 e. The lowest BCUT2D eigenvalue weighted by atomic mass is 9.93. The lowest BCUT2D eigenvalue weighted by Gasteiger charge is -2.29. The van der Waals surface area contributed by atoms with Crippen molar-refractivity contribution in [1.29, 1.82) is 0 Å². The van der Waals surface area contributed by atoms with Crippen molar-refractivity contribution in [1.82, 2.24) is 0 Å². The zero-order chi connectivity index (χ0) is 20.5. The third-order valence-electron chi connectivity index (χ3n) is 4.46. The van der Waals surface area contributed by atoms with Gasteiger partial charge in [-0.3, -0.25) is 4.79 Å². The van der Waals surface area contributed by atoms with Gasteiger partial charge >= 0.3 is 11.9 Å². The molecule has 2 atom stereocenters. The summed E-state index contributed by atoms with van der Waals surface area (Å²) in [6, 6.07) is 7.84. The van der Waals surface area contributed by atoms with E-state index >= 15 is 0 Å². The molecular formula is C20H29BrO6. The molecule has 152 valence electrons. The summed E-state index contributed by atoms with van der Waals surface area (Å²) in [6.45, 7) is 6.64. The summed E-state index contributed by atoms with van der Waals surface area (Å²) in [5.41, 5.74) is -0.372. The average Bonchev–Trinajstić information content (AvgIpc) is 2.69.